The number of benzene rings is 2. The minimum Gasteiger partial charge on any atom is -0.266 e. The molecular weight excluding hydrogens is 304 g/mol. The Labute approximate surface area is 138 Å². The van der Waals surface area contributed by atoms with Gasteiger partial charge in [0, 0.05) is 10.4 Å². The van der Waals surface area contributed by atoms with Crippen LogP contribution in [0.1, 0.15) is 32.1 Å². The van der Waals surface area contributed by atoms with Crippen LogP contribution in [-0.4, -0.2) is 12.1 Å². The van der Waals surface area contributed by atoms with Gasteiger partial charge in [-0.05, 0) is 41.7 Å². The van der Waals surface area contributed by atoms with Crippen molar-refractivity contribution >= 4 is 34.2 Å². The maximum Gasteiger partial charge on any atom is 0.281 e. The summed E-state index contributed by atoms with van der Waals surface area (Å²) in [6.07, 6.45) is 5.12. The van der Waals surface area contributed by atoms with Crippen LogP contribution < -0.4 is 5.43 Å². The molecule has 4 rings (SSSR count). The van der Waals surface area contributed by atoms with Gasteiger partial charge in [0.05, 0.1) is 11.1 Å². The van der Waals surface area contributed by atoms with Crippen LogP contribution in [0.4, 0.5) is 0 Å². The molecule has 2 aromatic carbocycles. The summed E-state index contributed by atoms with van der Waals surface area (Å²) in [4.78, 5) is 14.3. The van der Waals surface area contributed by atoms with Gasteiger partial charge in [0.2, 0.25) is 0 Å². The fourth-order valence-corrected chi connectivity index (χ4v) is 4.16. The van der Waals surface area contributed by atoms with E-state index in [2.05, 4.69) is 28.7 Å². The largest absolute Gasteiger partial charge is 0.281 e. The van der Waals surface area contributed by atoms with E-state index in [9.17, 15) is 4.79 Å². The summed E-state index contributed by atoms with van der Waals surface area (Å²) in [5.41, 5.74) is 4.97. The molecule has 1 N–H and O–H groups in total. The summed E-state index contributed by atoms with van der Waals surface area (Å²) in [5.74, 6) is -0.124. The van der Waals surface area contributed by atoms with E-state index in [4.69, 9.17) is 0 Å². The lowest BCUT2D eigenvalue weighted by Crippen LogP contribution is -2.16. The number of hydrogen-bond donors (Lipinski definition) is 1. The molecule has 1 heterocycles. The molecule has 3 aromatic rings. The number of fused-ring (bicyclic) bond motifs is 2. The summed E-state index contributed by atoms with van der Waals surface area (Å²) < 4.78 is 0. The first kappa shape index (κ1) is 14.2. The summed E-state index contributed by atoms with van der Waals surface area (Å²) in [6, 6.07) is 16.2. The lowest BCUT2D eigenvalue weighted by molar-refractivity contribution is 0.0959. The molecule has 114 valence electrons. The van der Waals surface area contributed by atoms with E-state index < -0.39 is 0 Å². The average molecular weight is 320 g/mol. The van der Waals surface area contributed by atoms with E-state index in [1.54, 1.807) is 17.6 Å². The van der Waals surface area contributed by atoms with Crippen LogP contribution in [0.5, 0.6) is 0 Å². The first-order valence-corrected chi connectivity index (χ1v) is 8.56. The second kappa shape index (κ2) is 5.97. The molecule has 0 spiro atoms. The number of nitrogens with one attached hydrogen (secondary N) is 1. The molecule has 0 radical (unpaired) electrons. The highest BCUT2D eigenvalue weighted by Gasteiger charge is 2.18. The van der Waals surface area contributed by atoms with Gasteiger partial charge in [0.15, 0.2) is 0 Å². The van der Waals surface area contributed by atoms with Gasteiger partial charge in [-0.15, -0.1) is 11.3 Å². The van der Waals surface area contributed by atoms with Crippen molar-refractivity contribution in [3.63, 3.8) is 0 Å². The molecule has 4 heteroatoms. The molecular formula is C19H16N2OS. The summed E-state index contributed by atoms with van der Waals surface area (Å²) in [6.45, 7) is 0. The highest BCUT2D eigenvalue weighted by atomic mass is 32.1. The topological polar surface area (TPSA) is 41.5 Å². The molecule has 1 amide bonds. The average Bonchev–Trinajstić information content (AvgIpc) is 3.16. The predicted octanol–water partition coefficient (Wildman–Crippen LogP) is 4.15. The lowest BCUT2D eigenvalue weighted by atomic mass is 10.1. The summed E-state index contributed by atoms with van der Waals surface area (Å²) in [7, 11) is 0. The van der Waals surface area contributed by atoms with Gasteiger partial charge in [-0.3, -0.25) is 4.79 Å². The second-order valence-electron chi connectivity index (χ2n) is 5.68. The van der Waals surface area contributed by atoms with Crippen molar-refractivity contribution in [2.45, 2.75) is 19.3 Å². The molecule has 23 heavy (non-hydrogen) atoms. The zero-order valence-electron chi connectivity index (χ0n) is 12.6. The molecule has 1 aliphatic rings. The predicted molar refractivity (Wildman–Crippen MR) is 95.4 cm³/mol. The van der Waals surface area contributed by atoms with Gasteiger partial charge in [0.25, 0.3) is 5.91 Å². The molecule has 1 aromatic heterocycles. The number of nitrogens with zero attached hydrogens (tertiary/aromatic N) is 1. The van der Waals surface area contributed by atoms with E-state index in [0.717, 1.165) is 34.1 Å². The van der Waals surface area contributed by atoms with Crippen molar-refractivity contribution in [1.82, 2.24) is 5.43 Å². The molecule has 0 fully saturated rings. The second-order valence-corrected chi connectivity index (χ2v) is 6.82. The fraction of sp³-hybridized carbons (Fsp3) is 0.158. The van der Waals surface area contributed by atoms with Crippen LogP contribution in [0.15, 0.2) is 53.6 Å². The third kappa shape index (κ3) is 2.78. The van der Waals surface area contributed by atoms with Gasteiger partial charge in [0.1, 0.15) is 0 Å². The minimum absolute atomic E-state index is 0.124. The quantitative estimate of drug-likeness (QED) is 0.571. The molecule has 0 aliphatic heterocycles. The standard InChI is InChI=1S/C19H16N2OS/c22-19(18-11-14-7-4-10-17(14)23-18)21-20-12-15-8-3-6-13-5-1-2-9-16(13)15/h1-3,5-6,8-9,11-12H,4,7,10H2,(H,21,22)/b20-12-. The van der Waals surface area contributed by atoms with Crippen molar-refractivity contribution in [3.05, 3.63) is 69.4 Å². The number of carbonyl (C=O) groups excluding carboxylic acids is 1. The number of hydrogen-bond acceptors (Lipinski definition) is 3. The smallest absolute Gasteiger partial charge is 0.266 e. The Morgan fingerprint density at radius 3 is 2.91 bits per heavy atom. The Balaban J connectivity index is 1.51. The van der Waals surface area contributed by atoms with Crippen molar-refractivity contribution < 1.29 is 4.79 Å². The molecule has 0 unspecified atom stereocenters. The molecule has 0 saturated heterocycles. The summed E-state index contributed by atoms with van der Waals surface area (Å²) in [5, 5.41) is 6.43. The number of amides is 1. The zero-order valence-corrected chi connectivity index (χ0v) is 13.4. The third-order valence-corrected chi connectivity index (χ3v) is 5.40. The van der Waals surface area contributed by atoms with Crippen LogP contribution in [0.2, 0.25) is 0 Å². The fourth-order valence-electron chi connectivity index (χ4n) is 3.02. The van der Waals surface area contributed by atoms with Gasteiger partial charge >= 0.3 is 0 Å². The first-order valence-electron chi connectivity index (χ1n) is 7.74. The monoisotopic (exact) mass is 320 g/mol. The maximum atomic E-state index is 12.2. The van der Waals surface area contributed by atoms with Gasteiger partial charge in [-0.1, -0.05) is 42.5 Å². The Bertz CT molecular complexity index is 884. The van der Waals surface area contributed by atoms with E-state index in [1.165, 1.54) is 16.9 Å². The molecule has 3 nitrogen and oxygen atoms in total. The van der Waals surface area contributed by atoms with E-state index >= 15 is 0 Å². The van der Waals surface area contributed by atoms with Crippen molar-refractivity contribution in [1.29, 1.82) is 0 Å². The van der Waals surface area contributed by atoms with Crippen LogP contribution in [0.3, 0.4) is 0 Å². The number of carbonyl (C=O) groups is 1. The number of rotatable bonds is 3. The first-order chi connectivity index (χ1) is 11.3. The normalized spacial score (nSPS) is 13.6. The van der Waals surface area contributed by atoms with Gasteiger partial charge in [-0.25, -0.2) is 5.43 Å². The SMILES string of the molecule is O=C(N/N=C\c1cccc2ccccc12)c1cc2c(s1)CCC2. The van der Waals surface area contributed by atoms with Crippen LogP contribution in [0, 0.1) is 0 Å². The van der Waals surface area contributed by atoms with Crippen molar-refractivity contribution in [2.24, 2.45) is 5.10 Å². The molecule has 0 atom stereocenters. The van der Waals surface area contributed by atoms with E-state index in [0.29, 0.717) is 0 Å². The Morgan fingerprint density at radius 1 is 1.13 bits per heavy atom. The number of hydrazone groups is 1. The molecule has 0 bridgehead atoms. The van der Waals surface area contributed by atoms with Crippen LogP contribution in [-0.2, 0) is 12.8 Å². The number of thiophene rings is 1. The van der Waals surface area contributed by atoms with Crippen molar-refractivity contribution in [3.8, 4) is 0 Å². The molecule has 1 aliphatic carbocycles. The zero-order chi connectivity index (χ0) is 15.6. The van der Waals surface area contributed by atoms with Gasteiger partial charge in [-0.2, -0.15) is 5.10 Å². The third-order valence-electron chi connectivity index (χ3n) is 4.16. The van der Waals surface area contributed by atoms with Gasteiger partial charge < -0.3 is 0 Å². The van der Waals surface area contributed by atoms with E-state index in [1.807, 2.05) is 30.3 Å². The van der Waals surface area contributed by atoms with E-state index in [-0.39, 0.29) is 5.91 Å². The Hall–Kier alpha value is -2.46. The summed E-state index contributed by atoms with van der Waals surface area (Å²) >= 11 is 1.59. The lowest BCUT2D eigenvalue weighted by Gasteiger charge is -2.01. The van der Waals surface area contributed by atoms with Crippen molar-refractivity contribution in [2.75, 3.05) is 0 Å². The highest BCUT2D eigenvalue weighted by molar-refractivity contribution is 7.14. The van der Waals surface area contributed by atoms with Crippen LogP contribution in [0.25, 0.3) is 10.8 Å². The highest BCUT2D eigenvalue weighted by Crippen LogP contribution is 2.30. The van der Waals surface area contributed by atoms with Crippen LogP contribution >= 0.6 is 11.3 Å². The molecule has 0 saturated carbocycles. The Kier molecular flexibility index (Phi) is 3.67. The number of aryl methyl sites for hydroxylation is 2. The minimum atomic E-state index is -0.124. The maximum absolute atomic E-state index is 12.2. The Morgan fingerprint density at radius 2 is 2.00 bits per heavy atom.